The Kier molecular flexibility index (Phi) is 46.9. The van der Waals surface area contributed by atoms with Crippen LogP contribution in [0.5, 0.6) is 11.5 Å². The maximum Gasteiger partial charge on any atom is 0.426 e. The molecule has 32 radical (unpaired) electrons. The molecule has 0 aliphatic carbocycles. The number of hydrogen-bond donors (Lipinski definition) is 2. The van der Waals surface area contributed by atoms with E-state index in [9.17, 15) is 132 Å². The van der Waals surface area contributed by atoms with Gasteiger partial charge in [-0.15, -0.1) is 0 Å². The van der Waals surface area contributed by atoms with Crippen LogP contribution in [0.2, 0.25) is 0 Å². The highest BCUT2D eigenvalue weighted by atomic mass is 32.2. The molecule has 0 spiro atoms. The Balaban J connectivity index is 0.000000438. The lowest BCUT2D eigenvalue weighted by Crippen LogP contribution is -2.48. The Morgan fingerprint density at radius 3 is 0.636 bits per heavy atom. The standard InChI is InChI=1S/C29H29B6F3O9S.C28H27B6F3O9S.C26H25B4F3O11S/c1-2-28(27(41)47-22(29(36,37)38)13-48(42,43)44,14-45-25(39)23-18(9-32)5-3-16(7-30)20(23)11-34)15-46-26(40)24-19(10-33)6-4-17(8-31)21(24)12-35;1-27(26(40)46-21(28(35,36)37)12-47(41,42)43,13-44-24(38)22-17(8-31)4-2-15(6-29)19(22)10-33)14-45-25(39)23-18(9-32)5-3-16(7-30)20(23)11-34;1-25(24(38)44-17(26(31,32)33)10-45(39,40)41,11-42-22(36)18-13(6-27)2-4-15(8-29)20(18)34)12-43-23(37)19-14(7-28)3-5-16(9-30)21(19)35/h3-6,22H,2,7-15H2,1H3,(H,42,43,44);2-5,21H,6-14H2,1H3,(H,41,42,43);2-5,17,34-35H,6-12H2,1H3,(H,39,40,41)/p-3. The topological polar surface area (TPSA) is 449 Å². The summed E-state index contributed by atoms with van der Waals surface area (Å²) in [5.41, 5.74) is -4.31. The number of phenols is 2. The molecule has 57 heteroatoms. The Morgan fingerprint density at radius 1 is 0.286 bits per heavy atom. The molecule has 140 heavy (non-hydrogen) atoms. The summed E-state index contributed by atoms with van der Waals surface area (Å²) in [6.45, 7) is -3.51. The second kappa shape index (κ2) is 53.6. The van der Waals surface area contributed by atoms with Crippen LogP contribution in [-0.4, -0.2) is 322 Å². The van der Waals surface area contributed by atoms with Crippen molar-refractivity contribution in [1.82, 2.24) is 0 Å². The number of rotatable bonds is 47. The predicted molar refractivity (Wildman–Crippen MR) is 495 cm³/mol. The van der Waals surface area contributed by atoms with Crippen molar-refractivity contribution in [1.29, 1.82) is 0 Å². The molecule has 6 rings (SSSR count). The summed E-state index contributed by atoms with van der Waals surface area (Å²) in [7, 11) is 75.1. The van der Waals surface area contributed by atoms with Gasteiger partial charge in [0.2, 0.25) is 18.3 Å². The maximum absolute atomic E-state index is 13.7. The first-order chi connectivity index (χ1) is 65.2. The van der Waals surface area contributed by atoms with Crippen LogP contribution in [0.4, 0.5) is 39.5 Å². The predicted octanol–water partition coefficient (Wildman–Crippen LogP) is 2.68. The number of carbonyl (C=O) groups is 9. The van der Waals surface area contributed by atoms with Crippen LogP contribution < -0.4 is 0 Å². The first-order valence-electron chi connectivity index (χ1n) is 41.3. The number of halogens is 9. The molecule has 0 aliphatic heterocycles. The van der Waals surface area contributed by atoms with Gasteiger partial charge < -0.3 is 66.5 Å². The fourth-order valence-electron chi connectivity index (χ4n) is 13.3. The molecular weight excluding hydrogens is 1900 g/mol. The van der Waals surface area contributed by atoms with E-state index in [0.29, 0.717) is 22.3 Å². The molecule has 0 aromatic heterocycles. The van der Waals surface area contributed by atoms with Crippen LogP contribution in [0.3, 0.4) is 0 Å². The zero-order valence-electron chi connectivity index (χ0n) is 75.3. The molecule has 6 aromatic carbocycles. The minimum Gasteiger partial charge on any atom is -0.748 e. The van der Waals surface area contributed by atoms with Crippen molar-refractivity contribution in [2.24, 2.45) is 16.2 Å². The van der Waals surface area contributed by atoms with E-state index in [4.69, 9.17) is 154 Å². The van der Waals surface area contributed by atoms with Crippen LogP contribution in [0.1, 0.15) is 178 Å². The highest BCUT2D eigenvalue weighted by Crippen LogP contribution is 2.39. The van der Waals surface area contributed by atoms with Gasteiger partial charge in [0, 0.05) is 0 Å². The lowest BCUT2D eigenvalue weighted by molar-refractivity contribution is -0.223. The molecule has 2 N–H and O–H groups in total. The van der Waals surface area contributed by atoms with E-state index in [1.807, 2.05) is 0 Å². The fourth-order valence-corrected chi connectivity index (χ4v) is 15.2. The number of ether oxygens (including phenoxy) is 9. The molecule has 3 atom stereocenters. The van der Waals surface area contributed by atoms with Gasteiger partial charge >= 0.3 is 72.3 Å². The van der Waals surface area contributed by atoms with Crippen LogP contribution >= 0.6 is 0 Å². The molecular formula is C83H78B16F9O29S3-3. The van der Waals surface area contributed by atoms with Gasteiger partial charge in [-0.2, -0.15) is 39.5 Å². The van der Waals surface area contributed by atoms with E-state index in [-0.39, 0.29) is 190 Å². The van der Waals surface area contributed by atoms with Crippen LogP contribution in [0.25, 0.3) is 0 Å². The number of esters is 9. The third-order valence-corrected chi connectivity index (χ3v) is 23.5. The zero-order chi connectivity index (χ0) is 107. The molecule has 0 saturated heterocycles. The van der Waals surface area contributed by atoms with E-state index in [0.717, 1.165) is 13.8 Å². The molecule has 716 valence electrons. The molecule has 0 saturated carbocycles. The quantitative estimate of drug-likeness (QED) is 0.0182. The van der Waals surface area contributed by atoms with Crippen molar-refractivity contribution in [3.8, 4) is 11.5 Å². The Morgan fingerprint density at radius 2 is 0.457 bits per heavy atom. The molecule has 3 unspecified atom stereocenters. The SMILES string of the molecule is [B]Cc1ccc(C[B])c(C(=O)OCC(C)(COC(=O)c2c(C[B])ccc(C[B])c2C[B])C(=O)OC(CS(=O)(=O)[O-])C(F)(F)F)c1C[B].[B]Cc1ccc(C[B])c(C(=O)OCC(C)(COC(=O)c2c(C[B])ccc(C[B])c2O)C(=O)OC(CS(=O)(=O)[O-])C(F)(F)F)c1O.[B]Cc1ccc(C[B])c(C(=O)OCC(CC)(COC(=O)c2c(C[B])ccc(C[B])c2C[B])C(=O)OC(CS(=O)(=O)[O-])C(F)(F)F)c1C[B]. The van der Waals surface area contributed by atoms with Gasteiger partial charge in [0.15, 0.2) is 0 Å². The summed E-state index contributed by atoms with van der Waals surface area (Å²) >= 11 is 0. The number of aromatic hydroxyl groups is 2. The number of alkyl halides is 9. The largest absolute Gasteiger partial charge is 0.748 e. The highest BCUT2D eigenvalue weighted by Gasteiger charge is 2.53. The second-order valence-corrected chi connectivity index (χ2v) is 35.5. The van der Waals surface area contributed by atoms with E-state index < -0.39 is 223 Å². The summed E-state index contributed by atoms with van der Waals surface area (Å²) in [5, 5.41) is 21.0. The summed E-state index contributed by atoms with van der Waals surface area (Å²) in [5.74, 6) is -20.2. The van der Waals surface area contributed by atoms with E-state index in [1.54, 1.807) is 24.3 Å². The van der Waals surface area contributed by atoms with Gasteiger partial charge in [0.05, 0.1) is 195 Å². The fraction of sp³-hybridized carbons (Fsp3) is 0.458. The normalized spacial score (nSPS) is 12.7. The molecule has 29 nitrogen and oxygen atoms in total. The van der Waals surface area contributed by atoms with Crippen molar-refractivity contribution < 1.29 is 174 Å². The summed E-state index contributed by atoms with van der Waals surface area (Å²) in [4.78, 5) is 120. The third kappa shape index (κ3) is 33.2. The van der Waals surface area contributed by atoms with Gasteiger partial charge in [0.1, 0.15) is 78.5 Å². The number of carbonyl (C=O) groups excluding carboxylic acids is 9. The summed E-state index contributed by atoms with van der Waals surface area (Å²) < 4.78 is 268. The lowest BCUT2D eigenvalue weighted by atomic mass is 9.80. The maximum atomic E-state index is 13.7. The van der Waals surface area contributed by atoms with Crippen molar-refractivity contribution in [3.63, 3.8) is 0 Å². The Bertz CT molecular complexity index is 5550. The molecule has 0 aliphatic rings. The lowest BCUT2D eigenvalue weighted by Gasteiger charge is -2.32. The first-order valence-corrected chi connectivity index (χ1v) is 46.0. The summed E-state index contributed by atoms with van der Waals surface area (Å²) in [6, 6.07) is 17.8. The van der Waals surface area contributed by atoms with Gasteiger partial charge in [-0.25, -0.2) is 54.0 Å². The van der Waals surface area contributed by atoms with E-state index in [2.05, 4.69) is 14.2 Å². The van der Waals surface area contributed by atoms with Crippen LogP contribution in [-0.2, 0) is 188 Å². The molecule has 6 aromatic rings. The average Bonchev–Trinajstić information content (AvgIpc) is 0.798. The van der Waals surface area contributed by atoms with Gasteiger partial charge in [-0.3, -0.25) is 14.4 Å². The Hall–Kier alpha value is -9.71. The smallest absolute Gasteiger partial charge is 0.426 e. The van der Waals surface area contributed by atoms with E-state index in [1.165, 1.54) is 55.5 Å². The van der Waals surface area contributed by atoms with Crippen molar-refractivity contribution in [2.45, 2.75) is 165 Å². The van der Waals surface area contributed by atoms with Crippen LogP contribution in [0.15, 0.2) is 72.8 Å². The number of hydrogen-bond acceptors (Lipinski definition) is 29. The molecule has 0 heterocycles. The molecule has 0 fully saturated rings. The van der Waals surface area contributed by atoms with Crippen molar-refractivity contribution in [3.05, 3.63) is 195 Å². The third-order valence-electron chi connectivity index (χ3n) is 21.4. The second-order valence-electron chi connectivity index (χ2n) is 31.1. The van der Waals surface area contributed by atoms with Crippen LogP contribution in [0, 0.1) is 16.2 Å². The minimum absolute atomic E-state index is 0.0266. The average molecular weight is 1980 g/mol. The van der Waals surface area contributed by atoms with Gasteiger partial charge in [-0.1, -0.05) is 203 Å². The van der Waals surface area contributed by atoms with E-state index >= 15 is 0 Å². The van der Waals surface area contributed by atoms with Crippen molar-refractivity contribution >= 4 is 210 Å². The van der Waals surface area contributed by atoms with Crippen molar-refractivity contribution in [2.75, 3.05) is 56.9 Å². The number of benzene rings is 6. The van der Waals surface area contributed by atoms with Gasteiger partial charge in [-0.05, 0) is 87.0 Å². The Labute approximate surface area is 824 Å². The minimum atomic E-state index is -5.58. The molecule has 0 bridgehead atoms. The number of phenolic OH excluding ortho intramolecular Hbond substituents is 2. The first kappa shape index (κ1) is 123. The van der Waals surface area contributed by atoms with Gasteiger partial charge in [0.25, 0.3) is 0 Å². The molecule has 0 amide bonds. The zero-order valence-corrected chi connectivity index (χ0v) is 77.8. The monoisotopic (exact) mass is 1980 g/mol. The summed E-state index contributed by atoms with van der Waals surface area (Å²) in [6.07, 6.45) is -29.7. The highest BCUT2D eigenvalue weighted by molar-refractivity contribution is 7.86.